The van der Waals surface area contributed by atoms with Gasteiger partial charge in [0.15, 0.2) is 23.0 Å². The number of carbonyl (C=O) groups is 2. The number of cyclic esters (lactones) is 1. The number of hydrogen-bond acceptors (Lipinski definition) is 8. The van der Waals surface area contributed by atoms with Crippen molar-refractivity contribution in [3.8, 4) is 23.0 Å². The van der Waals surface area contributed by atoms with Crippen molar-refractivity contribution in [2.24, 2.45) is 11.8 Å². The highest BCUT2D eigenvalue weighted by Gasteiger charge is 2.37. The third-order valence-electron chi connectivity index (χ3n) is 6.51. The van der Waals surface area contributed by atoms with Gasteiger partial charge in [0.2, 0.25) is 0 Å². The lowest BCUT2D eigenvalue weighted by Gasteiger charge is -2.26. The summed E-state index contributed by atoms with van der Waals surface area (Å²) in [6.07, 6.45) is 0.778. The quantitative estimate of drug-likeness (QED) is 0.572. The lowest BCUT2D eigenvalue weighted by Crippen LogP contribution is -2.47. The second-order valence-electron chi connectivity index (χ2n) is 8.68. The standard InChI is InChI=1S/C26H32N2O7/c1-31-21-6-4-17(14-23(21)32-2)12-19-16-34-25(29)20(19)13-18-5-7-22(24(15-18)33-3)35-26(30)28-10-8-27-9-11-28/h4-7,14-15,19-20,27H,8-13,16H2,1-3H3. The molecule has 2 aliphatic heterocycles. The van der Waals surface area contributed by atoms with Crippen LogP contribution in [0.3, 0.4) is 0 Å². The van der Waals surface area contributed by atoms with Crippen molar-refractivity contribution in [2.45, 2.75) is 12.8 Å². The molecule has 2 heterocycles. The molecule has 9 nitrogen and oxygen atoms in total. The second-order valence-corrected chi connectivity index (χ2v) is 8.68. The highest BCUT2D eigenvalue weighted by Crippen LogP contribution is 2.35. The molecule has 188 valence electrons. The molecule has 0 saturated carbocycles. The maximum absolute atomic E-state index is 12.6. The van der Waals surface area contributed by atoms with Crippen LogP contribution in [-0.2, 0) is 22.4 Å². The average Bonchev–Trinajstić information content (AvgIpc) is 3.23. The lowest BCUT2D eigenvalue weighted by atomic mass is 9.85. The molecule has 1 N–H and O–H groups in total. The molecule has 2 saturated heterocycles. The largest absolute Gasteiger partial charge is 0.493 e. The molecule has 1 amide bonds. The van der Waals surface area contributed by atoms with Crippen molar-refractivity contribution in [1.29, 1.82) is 0 Å². The Morgan fingerprint density at radius 3 is 2.17 bits per heavy atom. The van der Waals surface area contributed by atoms with Gasteiger partial charge in [0.05, 0.1) is 33.9 Å². The number of piperazine rings is 1. The monoisotopic (exact) mass is 484 g/mol. The molecule has 2 aromatic rings. The molecule has 2 atom stereocenters. The van der Waals surface area contributed by atoms with Crippen molar-refractivity contribution in [3.63, 3.8) is 0 Å². The summed E-state index contributed by atoms with van der Waals surface area (Å²) in [5, 5.41) is 3.21. The van der Waals surface area contributed by atoms with E-state index in [9.17, 15) is 9.59 Å². The number of hydrogen-bond donors (Lipinski definition) is 1. The van der Waals surface area contributed by atoms with E-state index in [1.165, 1.54) is 7.11 Å². The van der Waals surface area contributed by atoms with Crippen LogP contribution in [0.1, 0.15) is 11.1 Å². The molecule has 2 aliphatic rings. The van der Waals surface area contributed by atoms with Crippen molar-refractivity contribution in [2.75, 3.05) is 54.1 Å². The molecule has 2 aromatic carbocycles. The summed E-state index contributed by atoms with van der Waals surface area (Å²) >= 11 is 0. The first-order valence-corrected chi connectivity index (χ1v) is 11.7. The smallest absolute Gasteiger partial charge is 0.415 e. The van der Waals surface area contributed by atoms with E-state index in [-0.39, 0.29) is 17.8 Å². The fourth-order valence-electron chi connectivity index (χ4n) is 4.55. The van der Waals surface area contributed by atoms with Gasteiger partial charge in [0, 0.05) is 32.1 Å². The van der Waals surface area contributed by atoms with Crippen LogP contribution in [0.15, 0.2) is 36.4 Å². The summed E-state index contributed by atoms with van der Waals surface area (Å²) in [5.74, 6) is 1.66. The van der Waals surface area contributed by atoms with Crippen molar-refractivity contribution in [3.05, 3.63) is 47.5 Å². The number of amides is 1. The van der Waals surface area contributed by atoms with E-state index in [2.05, 4.69) is 5.32 Å². The van der Waals surface area contributed by atoms with E-state index in [0.717, 1.165) is 24.2 Å². The van der Waals surface area contributed by atoms with Gasteiger partial charge in [-0.25, -0.2) is 4.79 Å². The fourth-order valence-corrected chi connectivity index (χ4v) is 4.55. The predicted molar refractivity (Wildman–Crippen MR) is 128 cm³/mol. The first-order valence-electron chi connectivity index (χ1n) is 11.7. The zero-order valence-electron chi connectivity index (χ0n) is 20.4. The summed E-state index contributed by atoms with van der Waals surface area (Å²) in [6, 6.07) is 11.2. The van der Waals surface area contributed by atoms with Crippen LogP contribution in [0.5, 0.6) is 23.0 Å². The van der Waals surface area contributed by atoms with E-state index in [1.54, 1.807) is 25.2 Å². The summed E-state index contributed by atoms with van der Waals surface area (Å²) in [6.45, 7) is 3.06. The van der Waals surface area contributed by atoms with E-state index in [1.807, 2.05) is 30.3 Å². The van der Waals surface area contributed by atoms with E-state index >= 15 is 0 Å². The first kappa shape index (κ1) is 24.7. The molecule has 4 rings (SSSR count). The minimum Gasteiger partial charge on any atom is -0.493 e. The minimum absolute atomic E-state index is 0.0248. The lowest BCUT2D eigenvalue weighted by molar-refractivity contribution is -0.141. The fraction of sp³-hybridized carbons (Fsp3) is 0.462. The molecule has 2 fully saturated rings. The highest BCUT2D eigenvalue weighted by atomic mass is 16.6. The van der Waals surface area contributed by atoms with Gasteiger partial charge < -0.3 is 33.9 Å². The SMILES string of the molecule is COc1ccc(CC2COC(=O)C2Cc2ccc(OC(=O)N3CCNCC3)c(OC)c2)cc1OC. The maximum atomic E-state index is 12.6. The molecule has 0 spiro atoms. The van der Waals surface area contributed by atoms with Crippen molar-refractivity contribution >= 4 is 12.1 Å². The van der Waals surface area contributed by atoms with Gasteiger partial charge in [0.1, 0.15) is 0 Å². The second kappa shape index (κ2) is 11.3. The Morgan fingerprint density at radius 1 is 0.914 bits per heavy atom. The maximum Gasteiger partial charge on any atom is 0.415 e. The summed E-state index contributed by atoms with van der Waals surface area (Å²) < 4.78 is 27.2. The zero-order valence-corrected chi connectivity index (χ0v) is 20.4. The number of benzene rings is 2. The van der Waals surface area contributed by atoms with Gasteiger partial charge in [0.25, 0.3) is 0 Å². The summed E-state index contributed by atoms with van der Waals surface area (Å²) in [4.78, 5) is 26.7. The first-order chi connectivity index (χ1) is 17.0. The number of esters is 1. The van der Waals surface area contributed by atoms with Crippen LogP contribution >= 0.6 is 0 Å². The van der Waals surface area contributed by atoms with E-state index in [0.29, 0.717) is 55.5 Å². The average molecular weight is 485 g/mol. The molecule has 0 aromatic heterocycles. The third-order valence-corrected chi connectivity index (χ3v) is 6.51. The Morgan fingerprint density at radius 2 is 1.51 bits per heavy atom. The van der Waals surface area contributed by atoms with Crippen LogP contribution in [-0.4, -0.2) is 71.1 Å². The van der Waals surface area contributed by atoms with Crippen LogP contribution in [0.4, 0.5) is 4.79 Å². The minimum atomic E-state index is -0.396. The van der Waals surface area contributed by atoms with Gasteiger partial charge in [-0.05, 0) is 48.2 Å². The zero-order chi connectivity index (χ0) is 24.8. The van der Waals surface area contributed by atoms with Gasteiger partial charge in [-0.1, -0.05) is 12.1 Å². The van der Waals surface area contributed by atoms with Gasteiger partial charge in [-0.2, -0.15) is 0 Å². The molecular formula is C26H32N2O7. The Hall–Kier alpha value is -3.46. The third kappa shape index (κ3) is 5.79. The van der Waals surface area contributed by atoms with Gasteiger partial charge in [-0.15, -0.1) is 0 Å². The molecule has 0 bridgehead atoms. The van der Waals surface area contributed by atoms with E-state index in [4.69, 9.17) is 23.7 Å². The number of nitrogens with zero attached hydrogens (tertiary/aromatic N) is 1. The molecule has 0 radical (unpaired) electrons. The molecule has 9 heteroatoms. The number of rotatable bonds is 8. The van der Waals surface area contributed by atoms with Crippen LogP contribution in [0, 0.1) is 11.8 Å². The number of nitrogens with one attached hydrogen (secondary N) is 1. The van der Waals surface area contributed by atoms with Crippen molar-refractivity contribution in [1.82, 2.24) is 10.2 Å². The predicted octanol–water partition coefficient (Wildman–Crippen LogP) is 2.69. The van der Waals surface area contributed by atoms with Crippen LogP contribution < -0.4 is 24.3 Å². The Kier molecular flexibility index (Phi) is 7.97. The van der Waals surface area contributed by atoms with Crippen LogP contribution in [0.2, 0.25) is 0 Å². The van der Waals surface area contributed by atoms with Crippen LogP contribution in [0.25, 0.3) is 0 Å². The topological polar surface area (TPSA) is 95.6 Å². The van der Waals surface area contributed by atoms with Gasteiger partial charge >= 0.3 is 12.1 Å². The van der Waals surface area contributed by atoms with E-state index < -0.39 is 6.09 Å². The summed E-state index contributed by atoms with van der Waals surface area (Å²) in [7, 11) is 4.73. The Balaban J connectivity index is 1.45. The molecular weight excluding hydrogens is 452 g/mol. The van der Waals surface area contributed by atoms with Gasteiger partial charge in [-0.3, -0.25) is 4.79 Å². The van der Waals surface area contributed by atoms with Crippen molar-refractivity contribution < 1.29 is 33.3 Å². The summed E-state index contributed by atoms with van der Waals surface area (Å²) in [5.41, 5.74) is 1.95. The Labute approximate surface area is 205 Å². The Bertz CT molecular complexity index is 1050. The molecule has 35 heavy (non-hydrogen) atoms. The molecule has 2 unspecified atom stereocenters. The number of carbonyl (C=O) groups excluding carboxylic acids is 2. The number of methoxy groups -OCH3 is 3. The molecule has 0 aliphatic carbocycles. The normalized spacial score (nSPS) is 19.7. The highest BCUT2D eigenvalue weighted by molar-refractivity contribution is 5.75. The number of ether oxygens (including phenoxy) is 5.